The van der Waals surface area contributed by atoms with Gasteiger partial charge in [0.1, 0.15) is 0 Å². The lowest BCUT2D eigenvalue weighted by Crippen LogP contribution is -2.02. The van der Waals surface area contributed by atoms with Crippen molar-refractivity contribution in [3.05, 3.63) is 34.9 Å². The van der Waals surface area contributed by atoms with Gasteiger partial charge in [-0.3, -0.25) is 4.57 Å². The summed E-state index contributed by atoms with van der Waals surface area (Å²) in [6, 6.07) is 6.30. The zero-order valence-corrected chi connectivity index (χ0v) is 12.0. The summed E-state index contributed by atoms with van der Waals surface area (Å²) in [7, 11) is 1.39. The van der Waals surface area contributed by atoms with Crippen molar-refractivity contribution in [1.82, 2.24) is 0 Å². The molecule has 1 heterocycles. The molecule has 0 saturated heterocycles. The number of hydrogen-bond acceptors (Lipinski definition) is 4. The molecule has 1 aliphatic rings. The van der Waals surface area contributed by atoms with Crippen LogP contribution in [0.25, 0.3) is 0 Å². The number of fused-ring (bicyclic) bond motifs is 1. The summed E-state index contributed by atoms with van der Waals surface area (Å²) >= 11 is 0. The van der Waals surface area contributed by atoms with Crippen molar-refractivity contribution in [3.63, 3.8) is 0 Å². The van der Waals surface area contributed by atoms with E-state index in [2.05, 4.69) is 18.2 Å². The molecule has 0 fully saturated rings. The maximum absolute atomic E-state index is 11.5. The third-order valence-corrected chi connectivity index (χ3v) is 5.36. The van der Waals surface area contributed by atoms with Crippen molar-refractivity contribution in [3.8, 4) is 0 Å². The molecule has 0 unspecified atom stereocenters. The van der Waals surface area contributed by atoms with E-state index in [1.165, 1.54) is 16.7 Å². The minimum absolute atomic E-state index is 0.471. The van der Waals surface area contributed by atoms with E-state index in [0.717, 1.165) is 11.5 Å². The van der Waals surface area contributed by atoms with E-state index in [0.29, 0.717) is 6.61 Å². The van der Waals surface area contributed by atoms with Crippen molar-refractivity contribution in [1.29, 1.82) is 0 Å². The fraction of sp³-hybridized carbons (Fsp3) is 0.455. The molecule has 2 nitrogen and oxygen atoms in total. The first kappa shape index (κ1) is 12.6. The molecular weight excluding hydrogens is 259 g/mol. The van der Waals surface area contributed by atoms with Gasteiger partial charge in [0.05, 0.1) is 6.61 Å². The maximum Gasteiger partial charge on any atom is 0.197 e. The van der Waals surface area contributed by atoms with Gasteiger partial charge in [-0.15, -0.1) is 0 Å². The zero-order valence-electron chi connectivity index (χ0n) is 9.43. The molecule has 0 aromatic heterocycles. The average Bonchev–Trinajstić information content (AvgIpc) is 2.25. The normalized spacial score (nSPS) is 15.9. The molecule has 0 atom stereocenters. The van der Waals surface area contributed by atoms with Crippen LogP contribution >= 0.6 is 29.0 Å². The molecule has 0 spiro atoms. The topological polar surface area (TPSA) is 26.3 Å². The summed E-state index contributed by atoms with van der Waals surface area (Å²) in [6.45, 7) is 3.79. The summed E-state index contributed by atoms with van der Waals surface area (Å²) in [5.74, 6) is 2.08. The highest BCUT2D eigenvalue weighted by Crippen LogP contribution is 2.41. The van der Waals surface area contributed by atoms with Crippen LogP contribution < -0.4 is 0 Å². The van der Waals surface area contributed by atoms with Gasteiger partial charge in [-0.2, -0.15) is 0 Å². The van der Waals surface area contributed by atoms with Gasteiger partial charge in [-0.1, -0.05) is 39.8 Å². The molecule has 2 rings (SSSR count). The van der Waals surface area contributed by atoms with Crippen molar-refractivity contribution >= 4 is 29.0 Å². The van der Waals surface area contributed by atoms with E-state index in [1.54, 1.807) is 13.3 Å². The lowest BCUT2D eigenvalue weighted by molar-refractivity contribution is 0.309. The van der Waals surface area contributed by atoms with Crippen molar-refractivity contribution in [2.75, 3.05) is 13.3 Å². The summed E-state index contributed by atoms with van der Waals surface area (Å²) in [6.07, 6.45) is 0. The van der Waals surface area contributed by atoms with Gasteiger partial charge >= 0.3 is 0 Å². The third-order valence-electron chi connectivity index (χ3n) is 2.40. The Hall–Kier alpha value is 0.110. The van der Waals surface area contributed by atoms with Gasteiger partial charge in [-0.25, -0.2) is 0 Å². The Labute approximate surface area is 104 Å². The molecule has 0 N–H and O–H groups in total. The van der Waals surface area contributed by atoms with Crippen LogP contribution in [0.5, 0.6) is 0 Å². The highest BCUT2D eigenvalue weighted by Gasteiger charge is 2.15. The fourth-order valence-electron chi connectivity index (χ4n) is 1.57. The summed E-state index contributed by atoms with van der Waals surface area (Å²) in [5.41, 5.74) is 3.96. The van der Waals surface area contributed by atoms with Gasteiger partial charge in [0.15, 0.2) is 7.37 Å². The molecule has 1 aromatic rings. The van der Waals surface area contributed by atoms with E-state index >= 15 is 0 Å². The van der Waals surface area contributed by atoms with Crippen molar-refractivity contribution < 1.29 is 9.09 Å². The number of hydrogen-bond donors (Lipinski definition) is 0. The molecular formula is C11H15O2PS2. The Kier molecular flexibility index (Phi) is 4.06. The van der Waals surface area contributed by atoms with Gasteiger partial charge < -0.3 is 4.52 Å². The van der Waals surface area contributed by atoms with E-state index in [9.17, 15) is 4.57 Å². The third kappa shape index (κ3) is 3.30. The van der Waals surface area contributed by atoms with Crippen LogP contribution in [0.1, 0.15) is 16.7 Å². The van der Waals surface area contributed by atoms with Crippen molar-refractivity contribution in [2.45, 2.75) is 18.1 Å². The second-order valence-electron chi connectivity index (χ2n) is 4.10. The quantitative estimate of drug-likeness (QED) is 0.611. The van der Waals surface area contributed by atoms with E-state index in [-0.39, 0.29) is 0 Å². The first-order chi connectivity index (χ1) is 7.56. The molecule has 0 aliphatic carbocycles. The predicted molar refractivity (Wildman–Crippen MR) is 73.3 cm³/mol. The highest BCUT2D eigenvalue weighted by molar-refractivity contribution is 8.76. The van der Waals surface area contributed by atoms with E-state index < -0.39 is 7.37 Å². The maximum atomic E-state index is 11.5. The number of rotatable bonds is 3. The molecule has 5 heteroatoms. The standard InChI is InChI=1S/C11H15O2PS2/c1-14(2,12)13-6-9-4-3-5-10-7-15-16-8-11(9)10/h3-5H,6-8H2,1-2H3. The minimum atomic E-state index is -2.38. The Morgan fingerprint density at radius 3 is 2.81 bits per heavy atom. The van der Waals surface area contributed by atoms with Crippen LogP contribution in [0.4, 0.5) is 0 Å². The second-order valence-corrected chi connectivity index (χ2v) is 9.33. The molecule has 0 amide bonds. The van der Waals surface area contributed by atoms with Crippen LogP contribution in [0.3, 0.4) is 0 Å². The van der Waals surface area contributed by atoms with Gasteiger partial charge in [0, 0.05) is 24.8 Å². The zero-order chi connectivity index (χ0) is 11.6. The van der Waals surface area contributed by atoms with Gasteiger partial charge in [-0.05, 0) is 16.7 Å². The second kappa shape index (κ2) is 5.18. The molecule has 0 radical (unpaired) electrons. The monoisotopic (exact) mass is 274 g/mol. The lowest BCUT2D eigenvalue weighted by atomic mass is 10.0. The van der Waals surface area contributed by atoms with Crippen LogP contribution in [0.2, 0.25) is 0 Å². The predicted octanol–water partition coefficient (Wildman–Crippen LogP) is 4.14. The highest BCUT2D eigenvalue weighted by atomic mass is 33.1. The first-order valence-corrected chi connectivity index (χ1v) is 10.1. The molecule has 1 aromatic carbocycles. The van der Waals surface area contributed by atoms with E-state index in [4.69, 9.17) is 4.52 Å². The Balaban J connectivity index is 2.18. The summed E-state index contributed by atoms with van der Waals surface area (Å²) in [5, 5.41) is 0. The molecule has 1 aliphatic heterocycles. The number of benzene rings is 1. The van der Waals surface area contributed by atoms with Gasteiger partial charge in [0.25, 0.3) is 0 Å². The van der Waals surface area contributed by atoms with Crippen LogP contribution in [-0.4, -0.2) is 13.3 Å². The van der Waals surface area contributed by atoms with Crippen LogP contribution in [0, 0.1) is 0 Å². The lowest BCUT2D eigenvalue weighted by Gasteiger charge is -2.19. The Morgan fingerprint density at radius 1 is 1.31 bits per heavy atom. The van der Waals surface area contributed by atoms with Crippen molar-refractivity contribution in [2.24, 2.45) is 0 Å². The fourth-order valence-corrected chi connectivity index (χ4v) is 4.31. The largest absolute Gasteiger partial charge is 0.324 e. The molecule has 16 heavy (non-hydrogen) atoms. The first-order valence-electron chi connectivity index (χ1n) is 5.10. The summed E-state index contributed by atoms with van der Waals surface area (Å²) in [4.78, 5) is 0. The Morgan fingerprint density at radius 2 is 2.06 bits per heavy atom. The minimum Gasteiger partial charge on any atom is -0.324 e. The molecule has 88 valence electrons. The molecule has 0 saturated carbocycles. The van der Waals surface area contributed by atoms with Crippen LogP contribution in [-0.2, 0) is 27.2 Å². The van der Waals surface area contributed by atoms with E-state index in [1.807, 2.05) is 21.6 Å². The molecule has 0 bridgehead atoms. The smallest absolute Gasteiger partial charge is 0.197 e. The average molecular weight is 274 g/mol. The summed E-state index contributed by atoms with van der Waals surface area (Å²) < 4.78 is 16.9. The van der Waals surface area contributed by atoms with Gasteiger partial charge in [0.2, 0.25) is 0 Å². The SMILES string of the molecule is CP(C)(=O)OCc1cccc2c1CSSC2. The Bertz CT molecular complexity index is 428. The van der Waals surface area contributed by atoms with Crippen LogP contribution in [0.15, 0.2) is 18.2 Å².